The molecule has 0 unspecified atom stereocenters. The molecule has 8 heteroatoms. The van der Waals surface area contributed by atoms with Crippen molar-refractivity contribution in [2.75, 3.05) is 0 Å². The number of alkyl halides is 4. The lowest BCUT2D eigenvalue weighted by atomic mass is 10.3. The van der Waals surface area contributed by atoms with E-state index in [0.29, 0.717) is 23.3 Å². The second-order valence-corrected chi connectivity index (χ2v) is 4.23. The van der Waals surface area contributed by atoms with Crippen molar-refractivity contribution in [2.24, 2.45) is 7.05 Å². The van der Waals surface area contributed by atoms with Crippen molar-refractivity contribution in [2.45, 2.75) is 31.9 Å². The van der Waals surface area contributed by atoms with Gasteiger partial charge in [0, 0.05) is 7.05 Å². The summed E-state index contributed by atoms with van der Waals surface area (Å²) in [5.74, 6) is 0.153. The van der Waals surface area contributed by atoms with Gasteiger partial charge in [0.05, 0.1) is 11.6 Å². The SMILES string of the molecule is CCc1nn(C)c2c1nc(CCl)n2CC(F)(F)F. The summed E-state index contributed by atoms with van der Waals surface area (Å²) in [4.78, 5) is 4.15. The van der Waals surface area contributed by atoms with Crippen LogP contribution < -0.4 is 0 Å². The van der Waals surface area contributed by atoms with Crippen LogP contribution >= 0.6 is 11.6 Å². The molecule has 4 nitrogen and oxygen atoms in total. The summed E-state index contributed by atoms with van der Waals surface area (Å²) in [6, 6.07) is 0. The highest BCUT2D eigenvalue weighted by Crippen LogP contribution is 2.25. The molecule has 0 aliphatic rings. The Balaban J connectivity index is 2.65. The van der Waals surface area contributed by atoms with Gasteiger partial charge in [-0.1, -0.05) is 6.92 Å². The summed E-state index contributed by atoms with van der Waals surface area (Å²) in [5.41, 5.74) is 1.54. The van der Waals surface area contributed by atoms with Crippen LogP contribution in [-0.2, 0) is 25.9 Å². The van der Waals surface area contributed by atoms with Crippen LogP contribution in [-0.4, -0.2) is 25.5 Å². The quantitative estimate of drug-likeness (QED) is 0.810. The van der Waals surface area contributed by atoms with Crippen LogP contribution in [0, 0.1) is 0 Å². The Bertz CT molecular complexity index is 570. The second-order valence-electron chi connectivity index (χ2n) is 3.96. The molecule has 0 bridgehead atoms. The summed E-state index contributed by atoms with van der Waals surface area (Å²) < 4.78 is 40.2. The zero-order valence-electron chi connectivity index (χ0n) is 9.92. The van der Waals surface area contributed by atoms with E-state index in [9.17, 15) is 13.2 Å². The summed E-state index contributed by atoms with van der Waals surface area (Å²) >= 11 is 5.66. The van der Waals surface area contributed by atoms with E-state index in [-0.39, 0.29) is 11.7 Å². The van der Waals surface area contributed by atoms with E-state index >= 15 is 0 Å². The first-order valence-electron chi connectivity index (χ1n) is 5.41. The van der Waals surface area contributed by atoms with Gasteiger partial charge in [-0.05, 0) is 6.42 Å². The summed E-state index contributed by atoms with van der Waals surface area (Å²) in [6.45, 7) is 0.777. The zero-order chi connectivity index (χ0) is 13.5. The smallest absolute Gasteiger partial charge is 0.303 e. The lowest BCUT2D eigenvalue weighted by molar-refractivity contribution is -0.140. The van der Waals surface area contributed by atoms with Gasteiger partial charge in [0.25, 0.3) is 0 Å². The molecule has 0 saturated heterocycles. The first kappa shape index (κ1) is 13.2. The fourth-order valence-corrected chi connectivity index (χ4v) is 2.18. The largest absolute Gasteiger partial charge is 0.406 e. The average molecular weight is 281 g/mol. The number of imidazole rings is 1. The minimum atomic E-state index is -4.31. The van der Waals surface area contributed by atoms with E-state index in [1.54, 1.807) is 7.05 Å². The fourth-order valence-electron chi connectivity index (χ4n) is 1.97. The number of aryl methyl sites for hydroxylation is 2. The lowest BCUT2D eigenvalue weighted by Crippen LogP contribution is -2.20. The molecule has 18 heavy (non-hydrogen) atoms. The predicted molar refractivity (Wildman–Crippen MR) is 61.5 cm³/mol. The van der Waals surface area contributed by atoms with Crippen molar-refractivity contribution in [3.8, 4) is 0 Å². The Labute approximate surface area is 106 Å². The van der Waals surface area contributed by atoms with E-state index in [0.717, 1.165) is 4.57 Å². The maximum absolute atomic E-state index is 12.6. The van der Waals surface area contributed by atoms with Crippen LogP contribution in [0.1, 0.15) is 18.4 Å². The van der Waals surface area contributed by atoms with Gasteiger partial charge >= 0.3 is 6.18 Å². The molecule has 2 rings (SSSR count). The van der Waals surface area contributed by atoms with E-state index in [2.05, 4.69) is 10.1 Å². The minimum Gasteiger partial charge on any atom is -0.303 e. The molecule has 100 valence electrons. The summed E-state index contributed by atoms with van der Waals surface area (Å²) in [6.07, 6.45) is -3.70. The van der Waals surface area contributed by atoms with Gasteiger partial charge < -0.3 is 4.57 Å². The van der Waals surface area contributed by atoms with Crippen molar-refractivity contribution in [3.05, 3.63) is 11.5 Å². The molecule has 2 heterocycles. The Kier molecular flexibility index (Phi) is 3.27. The molecule has 0 atom stereocenters. The molecule has 0 amide bonds. The van der Waals surface area contributed by atoms with Crippen LogP contribution in [0.15, 0.2) is 0 Å². The van der Waals surface area contributed by atoms with Gasteiger partial charge in [-0.15, -0.1) is 11.6 Å². The van der Waals surface area contributed by atoms with E-state index in [1.807, 2.05) is 6.92 Å². The van der Waals surface area contributed by atoms with Crippen molar-refractivity contribution < 1.29 is 13.2 Å². The second kappa shape index (κ2) is 4.46. The van der Waals surface area contributed by atoms with Gasteiger partial charge in [0.1, 0.15) is 17.9 Å². The lowest BCUT2D eigenvalue weighted by Gasteiger charge is -2.10. The number of fused-ring (bicyclic) bond motifs is 1. The molecule has 0 aliphatic heterocycles. The molecule has 0 spiro atoms. The van der Waals surface area contributed by atoms with Crippen molar-refractivity contribution in [1.82, 2.24) is 19.3 Å². The molecule has 2 aromatic rings. The number of nitrogens with zero attached hydrogens (tertiary/aromatic N) is 4. The first-order valence-corrected chi connectivity index (χ1v) is 5.94. The van der Waals surface area contributed by atoms with Gasteiger partial charge in [-0.2, -0.15) is 18.3 Å². The Morgan fingerprint density at radius 3 is 2.50 bits per heavy atom. The van der Waals surface area contributed by atoms with Gasteiger partial charge in [0.2, 0.25) is 0 Å². The summed E-state index contributed by atoms with van der Waals surface area (Å²) in [7, 11) is 1.61. The number of rotatable bonds is 3. The van der Waals surface area contributed by atoms with Crippen LogP contribution in [0.4, 0.5) is 13.2 Å². The third kappa shape index (κ3) is 2.19. The highest BCUT2D eigenvalue weighted by atomic mass is 35.5. The zero-order valence-corrected chi connectivity index (χ0v) is 10.7. The third-order valence-electron chi connectivity index (χ3n) is 2.66. The fraction of sp³-hybridized carbons (Fsp3) is 0.600. The van der Waals surface area contributed by atoms with E-state index in [4.69, 9.17) is 11.6 Å². The monoisotopic (exact) mass is 280 g/mol. The highest BCUT2D eigenvalue weighted by Gasteiger charge is 2.31. The topological polar surface area (TPSA) is 35.6 Å². The normalized spacial score (nSPS) is 12.6. The third-order valence-corrected chi connectivity index (χ3v) is 2.90. The first-order chi connectivity index (χ1) is 8.37. The molecular formula is C10H12ClF3N4. The number of hydrogen-bond donors (Lipinski definition) is 0. The molecule has 0 fully saturated rings. The predicted octanol–water partition coefficient (Wildman–Crippen LogP) is 2.63. The molecule has 2 aromatic heterocycles. The average Bonchev–Trinajstić information content (AvgIpc) is 2.76. The summed E-state index contributed by atoms with van der Waals surface area (Å²) in [5, 5.41) is 4.16. The van der Waals surface area contributed by atoms with Gasteiger partial charge in [0.15, 0.2) is 5.65 Å². The van der Waals surface area contributed by atoms with Crippen LogP contribution in [0.3, 0.4) is 0 Å². The Morgan fingerprint density at radius 1 is 1.33 bits per heavy atom. The van der Waals surface area contributed by atoms with E-state index < -0.39 is 12.7 Å². The minimum absolute atomic E-state index is 0.0616. The Hall–Kier alpha value is -1.24. The number of aromatic nitrogens is 4. The van der Waals surface area contributed by atoms with Crippen LogP contribution in [0.25, 0.3) is 11.2 Å². The molecule has 0 aromatic carbocycles. The molecule has 0 aliphatic carbocycles. The highest BCUT2D eigenvalue weighted by molar-refractivity contribution is 6.16. The van der Waals surface area contributed by atoms with Crippen molar-refractivity contribution in [3.63, 3.8) is 0 Å². The van der Waals surface area contributed by atoms with Crippen LogP contribution in [0.2, 0.25) is 0 Å². The standard InChI is InChI=1S/C10H12ClF3N4/c1-3-6-8-9(17(2)16-6)18(5-10(12,13)14)7(4-11)15-8/h3-5H2,1-2H3. The Morgan fingerprint density at radius 2 is 2.00 bits per heavy atom. The van der Waals surface area contributed by atoms with E-state index in [1.165, 1.54) is 4.68 Å². The maximum Gasteiger partial charge on any atom is 0.406 e. The number of halogens is 4. The molecule has 0 saturated carbocycles. The molecular weight excluding hydrogens is 269 g/mol. The number of hydrogen-bond acceptors (Lipinski definition) is 2. The van der Waals surface area contributed by atoms with Crippen molar-refractivity contribution in [1.29, 1.82) is 0 Å². The molecule has 0 radical (unpaired) electrons. The van der Waals surface area contributed by atoms with Crippen LogP contribution in [0.5, 0.6) is 0 Å². The van der Waals surface area contributed by atoms with Crippen molar-refractivity contribution >= 4 is 22.8 Å². The van der Waals surface area contributed by atoms with Gasteiger partial charge in [-0.25, -0.2) is 4.98 Å². The maximum atomic E-state index is 12.6. The molecule has 0 N–H and O–H groups in total. The van der Waals surface area contributed by atoms with Gasteiger partial charge in [-0.3, -0.25) is 4.68 Å².